The van der Waals surface area contributed by atoms with Crippen LogP contribution in [0, 0.1) is 5.92 Å². The van der Waals surface area contributed by atoms with Gasteiger partial charge < -0.3 is 10.2 Å². The number of piperidine rings is 1. The van der Waals surface area contributed by atoms with Crippen LogP contribution in [0.15, 0.2) is 24.3 Å². The molecule has 2 aliphatic rings. The van der Waals surface area contributed by atoms with Gasteiger partial charge >= 0.3 is 0 Å². The molecule has 1 unspecified atom stereocenters. The molecular formula is C18H26N2OS. The molecular weight excluding hydrogens is 292 g/mol. The van der Waals surface area contributed by atoms with E-state index in [1.165, 1.54) is 43.5 Å². The van der Waals surface area contributed by atoms with E-state index in [0.29, 0.717) is 12.3 Å². The van der Waals surface area contributed by atoms with Gasteiger partial charge in [0.25, 0.3) is 0 Å². The Balaban J connectivity index is 1.50. The molecule has 120 valence electrons. The number of carbonyl (C=O) groups excluding carboxylic acids is 1. The molecule has 1 aromatic rings. The molecule has 0 aliphatic carbocycles. The second kappa shape index (κ2) is 7.91. The van der Waals surface area contributed by atoms with Gasteiger partial charge in [0.15, 0.2) is 0 Å². The first-order chi connectivity index (χ1) is 10.8. The van der Waals surface area contributed by atoms with Gasteiger partial charge in [-0.25, -0.2) is 0 Å². The Hall–Kier alpha value is -1.16. The fourth-order valence-corrected chi connectivity index (χ4v) is 4.51. The zero-order chi connectivity index (χ0) is 15.2. The molecule has 4 heteroatoms. The van der Waals surface area contributed by atoms with E-state index < -0.39 is 0 Å². The van der Waals surface area contributed by atoms with E-state index in [9.17, 15) is 4.79 Å². The fourth-order valence-electron chi connectivity index (χ4n) is 3.35. The number of anilines is 2. The van der Waals surface area contributed by atoms with Crippen LogP contribution in [0.2, 0.25) is 0 Å². The summed E-state index contributed by atoms with van der Waals surface area (Å²) in [5.74, 6) is 3.13. The number of benzene rings is 1. The van der Waals surface area contributed by atoms with Gasteiger partial charge in [0.1, 0.15) is 0 Å². The van der Waals surface area contributed by atoms with Gasteiger partial charge in [-0.2, -0.15) is 11.8 Å². The molecule has 2 fully saturated rings. The molecule has 1 atom stereocenters. The van der Waals surface area contributed by atoms with Crippen molar-refractivity contribution < 1.29 is 4.79 Å². The van der Waals surface area contributed by atoms with Crippen LogP contribution in [-0.4, -0.2) is 30.5 Å². The number of rotatable bonds is 4. The summed E-state index contributed by atoms with van der Waals surface area (Å²) < 4.78 is 0. The third kappa shape index (κ3) is 4.42. The number of hydrogen-bond acceptors (Lipinski definition) is 3. The topological polar surface area (TPSA) is 32.3 Å². The number of nitrogens with zero attached hydrogens (tertiary/aromatic N) is 1. The lowest BCUT2D eigenvalue weighted by atomic mass is 10.0. The highest BCUT2D eigenvalue weighted by Crippen LogP contribution is 2.26. The highest BCUT2D eigenvalue weighted by atomic mass is 32.2. The molecule has 1 N–H and O–H groups in total. The van der Waals surface area contributed by atoms with Crippen molar-refractivity contribution in [1.29, 1.82) is 0 Å². The molecule has 0 bridgehead atoms. The van der Waals surface area contributed by atoms with Gasteiger partial charge in [0.2, 0.25) is 5.91 Å². The molecule has 2 saturated heterocycles. The van der Waals surface area contributed by atoms with Crippen molar-refractivity contribution in [3.63, 3.8) is 0 Å². The minimum absolute atomic E-state index is 0.165. The van der Waals surface area contributed by atoms with Gasteiger partial charge in [0.05, 0.1) is 0 Å². The van der Waals surface area contributed by atoms with Gasteiger partial charge in [-0.3, -0.25) is 4.79 Å². The third-order valence-electron chi connectivity index (χ3n) is 4.60. The molecule has 1 amide bonds. The lowest BCUT2D eigenvalue weighted by Crippen LogP contribution is -2.29. The Bertz CT molecular complexity index is 476. The van der Waals surface area contributed by atoms with Crippen LogP contribution in [0.1, 0.15) is 38.5 Å². The maximum atomic E-state index is 12.1. The number of amides is 1. The van der Waals surface area contributed by atoms with Crippen molar-refractivity contribution in [1.82, 2.24) is 0 Å². The summed E-state index contributed by atoms with van der Waals surface area (Å²) in [5.41, 5.74) is 2.20. The monoisotopic (exact) mass is 318 g/mol. The van der Waals surface area contributed by atoms with Crippen LogP contribution in [-0.2, 0) is 4.79 Å². The van der Waals surface area contributed by atoms with Crippen molar-refractivity contribution in [3.05, 3.63) is 24.3 Å². The average Bonchev–Trinajstić information content (AvgIpc) is 2.57. The van der Waals surface area contributed by atoms with Crippen LogP contribution in [0.4, 0.5) is 11.4 Å². The first-order valence-corrected chi connectivity index (χ1v) is 9.69. The molecule has 2 heterocycles. The lowest BCUT2D eigenvalue weighted by Gasteiger charge is -2.28. The zero-order valence-electron chi connectivity index (χ0n) is 13.2. The van der Waals surface area contributed by atoms with E-state index in [2.05, 4.69) is 22.3 Å². The standard InChI is InChI=1S/C18H26N2OS/c21-18(13-15-5-4-12-22-14-15)19-16-6-8-17(9-7-16)20-10-2-1-3-11-20/h6-9,15H,1-5,10-14H2,(H,19,21). The molecule has 1 aromatic carbocycles. The zero-order valence-corrected chi connectivity index (χ0v) is 14.0. The highest BCUT2D eigenvalue weighted by Gasteiger charge is 2.17. The first kappa shape index (κ1) is 15.7. The van der Waals surface area contributed by atoms with Crippen molar-refractivity contribution >= 4 is 29.0 Å². The normalized spacial score (nSPS) is 22.4. The number of carbonyl (C=O) groups is 1. The van der Waals surface area contributed by atoms with E-state index in [1.807, 2.05) is 23.9 Å². The van der Waals surface area contributed by atoms with Crippen molar-refractivity contribution in [2.45, 2.75) is 38.5 Å². The SMILES string of the molecule is O=C(CC1CCCSC1)Nc1ccc(N2CCCCC2)cc1. The second-order valence-corrected chi connectivity index (χ2v) is 7.58. The Morgan fingerprint density at radius 3 is 2.59 bits per heavy atom. The van der Waals surface area contributed by atoms with Gasteiger partial charge in [-0.1, -0.05) is 0 Å². The number of thioether (sulfide) groups is 1. The molecule has 22 heavy (non-hydrogen) atoms. The molecule has 0 radical (unpaired) electrons. The number of nitrogens with one attached hydrogen (secondary N) is 1. The third-order valence-corrected chi connectivity index (χ3v) is 5.89. The van der Waals surface area contributed by atoms with Crippen molar-refractivity contribution in [2.24, 2.45) is 5.92 Å². The van der Waals surface area contributed by atoms with Crippen LogP contribution >= 0.6 is 11.8 Å². The molecule has 0 saturated carbocycles. The first-order valence-electron chi connectivity index (χ1n) is 8.54. The summed E-state index contributed by atoms with van der Waals surface area (Å²) in [6, 6.07) is 8.35. The van der Waals surface area contributed by atoms with E-state index in [1.54, 1.807) is 0 Å². The van der Waals surface area contributed by atoms with Crippen LogP contribution in [0.5, 0.6) is 0 Å². The summed E-state index contributed by atoms with van der Waals surface area (Å²) in [7, 11) is 0. The molecule has 0 spiro atoms. The summed E-state index contributed by atoms with van der Waals surface area (Å²) >= 11 is 1.98. The predicted molar refractivity (Wildman–Crippen MR) is 95.8 cm³/mol. The maximum Gasteiger partial charge on any atom is 0.224 e. The second-order valence-electron chi connectivity index (χ2n) is 6.43. The van der Waals surface area contributed by atoms with E-state index in [0.717, 1.165) is 24.5 Å². The quantitative estimate of drug-likeness (QED) is 0.905. The summed E-state index contributed by atoms with van der Waals surface area (Å²) in [6.07, 6.45) is 7.06. The van der Waals surface area contributed by atoms with Gasteiger partial charge in [-0.15, -0.1) is 0 Å². The number of hydrogen-bond donors (Lipinski definition) is 1. The summed E-state index contributed by atoms with van der Waals surface area (Å²) in [6.45, 7) is 2.32. The smallest absolute Gasteiger partial charge is 0.224 e. The van der Waals surface area contributed by atoms with Crippen LogP contribution in [0.3, 0.4) is 0 Å². The van der Waals surface area contributed by atoms with E-state index in [4.69, 9.17) is 0 Å². The average molecular weight is 318 g/mol. The van der Waals surface area contributed by atoms with E-state index in [-0.39, 0.29) is 5.91 Å². The minimum atomic E-state index is 0.165. The van der Waals surface area contributed by atoms with Gasteiger partial charge in [0, 0.05) is 30.9 Å². The largest absolute Gasteiger partial charge is 0.372 e. The maximum absolute atomic E-state index is 12.1. The van der Waals surface area contributed by atoms with Crippen LogP contribution in [0.25, 0.3) is 0 Å². The molecule has 3 rings (SSSR count). The van der Waals surface area contributed by atoms with Gasteiger partial charge in [-0.05, 0) is 73.8 Å². The summed E-state index contributed by atoms with van der Waals surface area (Å²) in [4.78, 5) is 14.6. The van der Waals surface area contributed by atoms with Crippen molar-refractivity contribution in [2.75, 3.05) is 34.8 Å². The lowest BCUT2D eigenvalue weighted by molar-refractivity contribution is -0.117. The molecule has 3 nitrogen and oxygen atoms in total. The Labute approximate surface area is 137 Å². The molecule has 0 aromatic heterocycles. The Kier molecular flexibility index (Phi) is 5.65. The Morgan fingerprint density at radius 2 is 1.91 bits per heavy atom. The fraction of sp³-hybridized carbons (Fsp3) is 0.611. The van der Waals surface area contributed by atoms with E-state index >= 15 is 0 Å². The Morgan fingerprint density at radius 1 is 1.14 bits per heavy atom. The van der Waals surface area contributed by atoms with Crippen molar-refractivity contribution in [3.8, 4) is 0 Å². The van der Waals surface area contributed by atoms with Crippen LogP contribution < -0.4 is 10.2 Å². The highest BCUT2D eigenvalue weighted by molar-refractivity contribution is 7.99. The minimum Gasteiger partial charge on any atom is -0.372 e. The molecule has 2 aliphatic heterocycles. The summed E-state index contributed by atoms with van der Waals surface area (Å²) in [5, 5.41) is 3.05. The predicted octanol–water partition coefficient (Wildman–Crippen LogP) is 4.15.